The molecule has 0 radical (unpaired) electrons. The topological polar surface area (TPSA) is 117 Å². The van der Waals surface area contributed by atoms with Gasteiger partial charge in [-0.1, -0.05) is 0 Å². The molecule has 0 bridgehead atoms. The Kier molecular flexibility index (Phi) is 4.40. The van der Waals surface area contributed by atoms with E-state index in [0.29, 0.717) is 0 Å². The fourth-order valence-electron chi connectivity index (χ4n) is 1.04. The third-order valence-corrected chi connectivity index (χ3v) is 1.87. The molecule has 0 aromatic carbocycles. The number of carbonyl (C=O) groups is 2. The molecular formula is C8H12N4O4. The normalized spacial score (nSPS) is 12.1. The molecule has 1 heterocycles. The maximum Gasteiger partial charge on any atom is 0.306 e. The quantitative estimate of drug-likeness (QED) is 0.576. The highest BCUT2D eigenvalue weighted by Gasteiger charge is 2.15. The van der Waals surface area contributed by atoms with Crippen LogP contribution in [-0.2, 0) is 9.53 Å². The Hall–Kier alpha value is -1.96. The molecule has 0 aliphatic heterocycles. The number of ether oxygens (including phenoxy) is 1. The van der Waals surface area contributed by atoms with E-state index in [1.165, 1.54) is 13.3 Å². The van der Waals surface area contributed by atoms with Gasteiger partial charge in [0.05, 0.1) is 18.7 Å². The van der Waals surface area contributed by atoms with Crippen molar-refractivity contribution in [1.29, 1.82) is 0 Å². The first-order valence-electron chi connectivity index (χ1n) is 4.52. The Morgan fingerprint density at radius 1 is 1.69 bits per heavy atom. The van der Waals surface area contributed by atoms with E-state index in [-0.39, 0.29) is 18.7 Å². The van der Waals surface area contributed by atoms with Gasteiger partial charge in [-0.05, 0) is 0 Å². The summed E-state index contributed by atoms with van der Waals surface area (Å²) in [5, 5.41) is 20.4. The van der Waals surface area contributed by atoms with Gasteiger partial charge >= 0.3 is 5.97 Å². The van der Waals surface area contributed by atoms with Crippen LogP contribution >= 0.6 is 0 Å². The number of aromatic amines is 1. The molecule has 8 nitrogen and oxygen atoms in total. The lowest BCUT2D eigenvalue weighted by Crippen LogP contribution is -2.34. The maximum absolute atomic E-state index is 11.4. The summed E-state index contributed by atoms with van der Waals surface area (Å²) in [5.74, 6) is -1.41. The molecule has 16 heavy (non-hydrogen) atoms. The number of carboxylic acid groups (broad SMARTS) is 1. The number of aromatic nitrogens is 3. The fraction of sp³-hybridized carbons (Fsp3) is 0.500. The molecule has 1 aromatic rings. The summed E-state index contributed by atoms with van der Waals surface area (Å²) in [6, 6.07) is 0. The third-order valence-electron chi connectivity index (χ3n) is 1.87. The number of carbonyl (C=O) groups excluding carboxylic acids is 1. The van der Waals surface area contributed by atoms with Crippen LogP contribution in [0.3, 0.4) is 0 Å². The van der Waals surface area contributed by atoms with E-state index in [2.05, 4.69) is 20.7 Å². The Morgan fingerprint density at radius 2 is 2.44 bits per heavy atom. The number of methoxy groups -OCH3 is 1. The number of hydrogen-bond donors (Lipinski definition) is 3. The molecule has 1 unspecified atom stereocenters. The number of carboxylic acids is 1. The second kappa shape index (κ2) is 5.81. The van der Waals surface area contributed by atoms with Crippen molar-refractivity contribution >= 4 is 11.9 Å². The van der Waals surface area contributed by atoms with Crippen LogP contribution in [-0.4, -0.2) is 52.2 Å². The zero-order valence-corrected chi connectivity index (χ0v) is 8.64. The van der Waals surface area contributed by atoms with Crippen LogP contribution in [0.1, 0.15) is 16.9 Å². The molecule has 0 saturated carbocycles. The molecule has 3 N–H and O–H groups in total. The smallest absolute Gasteiger partial charge is 0.306 e. The lowest BCUT2D eigenvalue weighted by atomic mass is 10.2. The largest absolute Gasteiger partial charge is 0.481 e. The zero-order valence-electron chi connectivity index (χ0n) is 8.64. The molecule has 1 atom stereocenters. The standard InChI is InChI=1S/C8H12N4O4/c1-16-5(2-7(13)14)3-9-8(15)6-4-10-12-11-6/h4-5H,2-3H2,1H3,(H,9,15)(H,13,14)(H,10,11,12). The molecule has 88 valence electrons. The highest BCUT2D eigenvalue weighted by atomic mass is 16.5. The zero-order chi connectivity index (χ0) is 12.0. The molecule has 0 aliphatic carbocycles. The first-order chi connectivity index (χ1) is 7.63. The average molecular weight is 228 g/mol. The summed E-state index contributed by atoms with van der Waals surface area (Å²) in [7, 11) is 1.38. The van der Waals surface area contributed by atoms with Gasteiger partial charge in [0, 0.05) is 13.7 Å². The first kappa shape index (κ1) is 12.1. The van der Waals surface area contributed by atoms with Gasteiger partial charge in [0.25, 0.3) is 5.91 Å². The molecule has 0 aliphatic rings. The minimum atomic E-state index is -0.984. The Bertz CT molecular complexity index is 351. The number of amides is 1. The highest BCUT2D eigenvalue weighted by molar-refractivity contribution is 5.91. The molecule has 0 spiro atoms. The van der Waals surface area contributed by atoms with Crippen molar-refractivity contribution in [2.45, 2.75) is 12.5 Å². The van der Waals surface area contributed by atoms with E-state index >= 15 is 0 Å². The van der Waals surface area contributed by atoms with Crippen molar-refractivity contribution in [2.24, 2.45) is 0 Å². The second-order valence-electron chi connectivity index (χ2n) is 3.02. The van der Waals surface area contributed by atoms with Gasteiger partial charge in [-0.25, -0.2) is 0 Å². The van der Waals surface area contributed by atoms with Crippen LogP contribution in [0.5, 0.6) is 0 Å². The van der Waals surface area contributed by atoms with E-state index in [1.807, 2.05) is 0 Å². The van der Waals surface area contributed by atoms with Gasteiger partial charge in [-0.3, -0.25) is 9.59 Å². The highest BCUT2D eigenvalue weighted by Crippen LogP contribution is 1.96. The summed E-state index contributed by atoms with van der Waals surface area (Å²) in [6.45, 7) is 0.106. The number of H-pyrrole nitrogens is 1. The van der Waals surface area contributed by atoms with Gasteiger partial charge in [-0.15, -0.1) is 0 Å². The van der Waals surface area contributed by atoms with Gasteiger partial charge in [-0.2, -0.15) is 15.4 Å². The Morgan fingerprint density at radius 3 is 2.94 bits per heavy atom. The summed E-state index contributed by atoms with van der Waals surface area (Å²) >= 11 is 0. The van der Waals surface area contributed by atoms with Crippen molar-refractivity contribution in [2.75, 3.05) is 13.7 Å². The van der Waals surface area contributed by atoms with Gasteiger partial charge in [0.1, 0.15) is 0 Å². The van der Waals surface area contributed by atoms with E-state index in [0.717, 1.165) is 0 Å². The molecule has 1 aromatic heterocycles. The number of rotatable bonds is 6. The summed E-state index contributed by atoms with van der Waals surface area (Å²) in [6.07, 6.45) is 0.539. The molecule has 0 fully saturated rings. The summed E-state index contributed by atoms with van der Waals surface area (Å²) in [4.78, 5) is 21.8. The monoisotopic (exact) mass is 228 g/mol. The van der Waals surface area contributed by atoms with Crippen LogP contribution in [0.25, 0.3) is 0 Å². The van der Waals surface area contributed by atoms with Gasteiger partial charge < -0.3 is 15.2 Å². The van der Waals surface area contributed by atoms with Crippen molar-refractivity contribution in [3.63, 3.8) is 0 Å². The second-order valence-corrected chi connectivity index (χ2v) is 3.02. The van der Waals surface area contributed by atoms with Crippen molar-refractivity contribution in [1.82, 2.24) is 20.7 Å². The fourth-order valence-corrected chi connectivity index (χ4v) is 1.04. The summed E-state index contributed by atoms with van der Waals surface area (Å²) in [5.41, 5.74) is 0.144. The van der Waals surface area contributed by atoms with Gasteiger partial charge in [0.15, 0.2) is 5.69 Å². The predicted molar refractivity (Wildman–Crippen MR) is 51.8 cm³/mol. The van der Waals surface area contributed by atoms with Crippen LogP contribution in [0.15, 0.2) is 6.20 Å². The maximum atomic E-state index is 11.4. The van der Waals surface area contributed by atoms with Crippen LogP contribution in [0.2, 0.25) is 0 Å². The van der Waals surface area contributed by atoms with E-state index < -0.39 is 18.0 Å². The minimum Gasteiger partial charge on any atom is -0.481 e. The number of hydrogen-bond acceptors (Lipinski definition) is 5. The third kappa shape index (κ3) is 3.65. The lowest BCUT2D eigenvalue weighted by Gasteiger charge is -2.12. The Balaban J connectivity index is 2.38. The predicted octanol–water partition coefficient (Wildman–Crippen LogP) is -0.976. The van der Waals surface area contributed by atoms with Gasteiger partial charge in [0.2, 0.25) is 0 Å². The van der Waals surface area contributed by atoms with Crippen LogP contribution in [0, 0.1) is 0 Å². The molecule has 1 amide bonds. The van der Waals surface area contributed by atoms with Crippen molar-refractivity contribution in [3.8, 4) is 0 Å². The minimum absolute atomic E-state index is 0.106. The van der Waals surface area contributed by atoms with Crippen molar-refractivity contribution < 1.29 is 19.4 Å². The van der Waals surface area contributed by atoms with Crippen LogP contribution in [0.4, 0.5) is 0 Å². The molecule has 8 heteroatoms. The number of aliphatic carboxylic acids is 1. The molecular weight excluding hydrogens is 216 g/mol. The average Bonchev–Trinajstić information content (AvgIpc) is 2.76. The van der Waals surface area contributed by atoms with E-state index in [1.54, 1.807) is 0 Å². The Labute approximate surface area is 91.0 Å². The molecule has 0 saturated heterocycles. The SMILES string of the molecule is COC(CNC(=O)c1cn[nH]n1)CC(=O)O. The number of nitrogens with one attached hydrogen (secondary N) is 2. The number of nitrogens with zero attached hydrogens (tertiary/aromatic N) is 2. The lowest BCUT2D eigenvalue weighted by molar-refractivity contribution is -0.139. The van der Waals surface area contributed by atoms with E-state index in [9.17, 15) is 9.59 Å². The molecule has 1 rings (SSSR count). The van der Waals surface area contributed by atoms with Crippen molar-refractivity contribution in [3.05, 3.63) is 11.9 Å². The van der Waals surface area contributed by atoms with E-state index in [4.69, 9.17) is 9.84 Å². The summed E-state index contributed by atoms with van der Waals surface area (Å²) < 4.78 is 4.89. The first-order valence-corrected chi connectivity index (χ1v) is 4.52. The van der Waals surface area contributed by atoms with Crippen LogP contribution < -0.4 is 5.32 Å².